The van der Waals surface area contributed by atoms with Crippen LogP contribution in [0.1, 0.15) is 89.2 Å². The van der Waals surface area contributed by atoms with Crippen molar-refractivity contribution >= 4 is 12.0 Å². The lowest BCUT2D eigenvalue weighted by Gasteiger charge is -2.54. The Hall–Kier alpha value is -2.20. The van der Waals surface area contributed by atoms with Crippen LogP contribution >= 0.6 is 0 Å². The van der Waals surface area contributed by atoms with Crippen molar-refractivity contribution in [2.75, 3.05) is 52.4 Å². The lowest BCUT2D eigenvalue weighted by atomic mass is 9.49. The predicted octanol–water partition coefficient (Wildman–Crippen LogP) is 3.34. The largest absolute Gasteiger partial charge is 0.412 e. The van der Waals surface area contributed by atoms with Crippen molar-refractivity contribution in [2.24, 2.45) is 22.8 Å². The lowest BCUT2D eigenvalue weighted by Crippen LogP contribution is -2.55. The Kier molecular flexibility index (Phi) is 13.8. The lowest BCUT2D eigenvalue weighted by molar-refractivity contribution is -0.138. The van der Waals surface area contributed by atoms with Gasteiger partial charge in [-0.25, -0.2) is 4.79 Å². The first kappa shape index (κ1) is 33.3. The SMILES string of the molecule is C[C@]1(C(=O)NCCCNCCCCN)CCC[C@]2(C)c3cc(OC(=O)NCCCNCCCCN)ccc3CC[C@@H]12. The fraction of sp³-hybridized carbons (Fsp3) is 0.750. The monoisotopic (exact) mass is 572 g/mol. The molecule has 1 aromatic rings. The van der Waals surface area contributed by atoms with Gasteiger partial charge in [-0.1, -0.05) is 26.3 Å². The first-order chi connectivity index (χ1) is 19.8. The molecule has 0 bridgehead atoms. The molecule has 0 spiro atoms. The number of ether oxygens (including phenoxy) is 1. The molecule has 41 heavy (non-hydrogen) atoms. The van der Waals surface area contributed by atoms with Crippen LogP contribution in [0.4, 0.5) is 4.79 Å². The Morgan fingerprint density at radius 2 is 1.49 bits per heavy atom. The Morgan fingerprint density at radius 1 is 0.854 bits per heavy atom. The molecule has 232 valence electrons. The molecule has 3 rings (SSSR count). The minimum absolute atomic E-state index is 0.131. The Morgan fingerprint density at radius 3 is 2.15 bits per heavy atom. The smallest absolute Gasteiger partial charge is 0.410 e. The number of carbonyl (C=O) groups is 2. The van der Waals surface area contributed by atoms with Gasteiger partial charge in [0, 0.05) is 13.1 Å². The summed E-state index contributed by atoms with van der Waals surface area (Å²) in [4.78, 5) is 26.1. The fourth-order valence-electron chi connectivity index (χ4n) is 6.98. The number of nitrogens with one attached hydrogen (secondary N) is 4. The molecule has 0 heterocycles. The van der Waals surface area contributed by atoms with Crippen molar-refractivity contribution in [3.05, 3.63) is 29.3 Å². The molecule has 0 unspecified atom stereocenters. The summed E-state index contributed by atoms with van der Waals surface area (Å²) in [5.41, 5.74) is 13.1. The zero-order valence-corrected chi connectivity index (χ0v) is 25.6. The van der Waals surface area contributed by atoms with Gasteiger partial charge in [-0.3, -0.25) is 4.79 Å². The molecule has 0 aliphatic heterocycles. The average Bonchev–Trinajstić information content (AvgIpc) is 2.96. The van der Waals surface area contributed by atoms with Gasteiger partial charge in [0.2, 0.25) is 5.91 Å². The normalized spacial score (nSPS) is 23.4. The number of amides is 2. The van der Waals surface area contributed by atoms with Crippen molar-refractivity contribution < 1.29 is 14.3 Å². The quantitative estimate of drug-likeness (QED) is 0.148. The summed E-state index contributed by atoms with van der Waals surface area (Å²) in [5, 5.41) is 12.9. The van der Waals surface area contributed by atoms with Gasteiger partial charge in [-0.2, -0.15) is 0 Å². The highest BCUT2D eigenvalue weighted by molar-refractivity contribution is 5.83. The molecular formula is C32H56N6O3. The summed E-state index contributed by atoms with van der Waals surface area (Å²) in [6.07, 6.45) is 10.5. The molecule has 1 saturated carbocycles. The van der Waals surface area contributed by atoms with Gasteiger partial charge in [0.1, 0.15) is 5.75 Å². The van der Waals surface area contributed by atoms with Crippen LogP contribution in [0.15, 0.2) is 18.2 Å². The number of fused-ring (bicyclic) bond motifs is 3. The van der Waals surface area contributed by atoms with Crippen molar-refractivity contribution in [3.8, 4) is 5.75 Å². The maximum Gasteiger partial charge on any atom is 0.412 e. The summed E-state index contributed by atoms with van der Waals surface area (Å²) in [6.45, 7) is 10.9. The van der Waals surface area contributed by atoms with E-state index in [1.165, 1.54) is 11.1 Å². The van der Waals surface area contributed by atoms with Crippen molar-refractivity contribution in [3.63, 3.8) is 0 Å². The number of nitrogens with two attached hydrogens (primary N) is 2. The molecule has 0 aromatic heterocycles. The second kappa shape index (κ2) is 17.0. The molecule has 3 atom stereocenters. The molecule has 1 aromatic carbocycles. The molecule has 0 saturated heterocycles. The van der Waals surface area contributed by atoms with Crippen molar-refractivity contribution in [1.82, 2.24) is 21.3 Å². The molecule has 8 N–H and O–H groups in total. The van der Waals surface area contributed by atoms with Gasteiger partial charge in [0.15, 0.2) is 0 Å². The van der Waals surface area contributed by atoms with E-state index in [-0.39, 0.29) is 17.2 Å². The van der Waals surface area contributed by atoms with E-state index in [1.54, 1.807) is 0 Å². The molecule has 9 heteroatoms. The molecular weight excluding hydrogens is 516 g/mol. The van der Waals surface area contributed by atoms with E-state index >= 15 is 0 Å². The van der Waals surface area contributed by atoms with E-state index in [0.29, 0.717) is 18.8 Å². The van der Waals surface area contributed by atoms with Crippen LogP contribution in [0.2, 0.25) is 0 Å². The third-order valence-electron chi connectivity index (χ3n) is 9.29. The second-order valence-electron chi connectivity index (χ2n) is 12.4. The predicted molar refractivity (Wildman–Crippen MR) is 166 cm³/mol. The number of unbranched alkanes of at least 4 members (excludes halogenated alkanes) is 2. The molecule has 1 fully saturated rings. The highest BCUT2D eigenvalue weighted by Crippen LogP contribution is 2.57. The zero-order chi connectivity index (χ0) is 29.6. The molecule has 9 nitrogen and oxygen atoms in total. The number of hydrogen-bond donors (Lipinski definition) is 6. The summed E-state index contributed by atoms with van der Waals surface area (Å²) in [5.74, 6) is 0.992. The maximum absolute atomic E-state index is 13.6. The molecule has 2 aliphatic rings. The van der Waals surface area contributed by atoms with E-state index in [0.717, 1.165) is 110 Å². The molecule has 2 amide bonds. The van der Waals surface area contributed by atoms with Gasteiger partial charge >= 0.3 is 6.09 Å². The van der Waals surface area contributed by atoms with Gasteiger partial charge < -0.3 is 37.5 Å². The first-order valence-corrected chi connectivity index (χ1v) is 16.0. The standard InChI is InChI=1S/C32H56N6O3/c1-31-14-7-15-32(2,29(39)37-22-8-20-35-18-5-3-16-33)28(31)13-11-25-10-12-26(24-27(25)31)41-30(40)38-23-9-21-36-19-6-4-17-34/h10,12,24,28,35-36H,3-9,11,13-23,33-34H2,1-2H3,(H,37,39)(H,38,40)/t28-,31-,32+/m1/s1. The van der Waals surface area contributed by atoms with Crippen LogP contribution < -0.4 is 37.5 Å². The van der Waals surface area contributed by atoms with E-state index in [4.69, 9.17) is 16.2 Å². The molecule has 0 radical (unpaired) electrons. The molecule has 2 aliphatic carbocycles. The van der Waals surface area contributed by atoms with E-state index in [2.05, 4.69) is 47.2 Å². The van der Waals surface area contributed by atoms with Crippen LogP contribution in [-0.4, -0.2) is 64.4 Å². The van der Waals surface area contributed by atoms with Gasteiger partial charge in [-0.15, -0.1) is 0 Å². The maximum atomic E-state index is 13.6. The van der Waals surface area contributed by atoms with Crippen LogP contribution in [0.5, 0.6) is 5.75 Å². The van der Waals surface area contributed by atoms with Crippen LogP contribution in [0.3, 0.4) is 0 Å². The number of carbonyl (C=O) groups excluding carboxylic acids is 2. The Balaban J connectivity index is 1.53. The second-order valence-corrected chi connectivity index (χ2v) is 12.4. The summed E-state index contributed by atoms with van der Waals surface area (Å²) in [7, 11) is 0. The van der Waals surface area contributed by atoms with E-state index in [9.17, 15) is 9.59 Å². The van der Waals surface area contributed by atoms with Crippen LogP contribution in [0.25, 0.3) is 0 Å². The fourth-order valence-corrected chi connectivity index (χ4v) is 6.98. The minimum atomic E-state index is -0.424. The number of hydrogen-bond acceptors (Lipinski definition) is 7. The Labute approximate surface area is 247 Å². The first-order valence-electron chi connectivity index (χ1n) is 16.0. The summed E-state index contributed by atoms with van der Waals surface area (Å²) < 4.78 is 5.70. The van der Waals surface area contributed by atoms with Gasteiger partial charge in [0.05, 0.1) is 5.41 Å². The highest BCUT2D eigenvalue weighted by atomic mass is 16.6. The van der Waals surface area contributed by atoms with E-state index < -0.39 is 11.5 Å². The third-order valence-corrected chi connectivity index (χ3v) is 9.29. The number of rotatable bonds is 18. The minimum Gasteiger partial charge on any atom is -0.410 e. The number of aryl methyl sites for hydroxylation is 1. The van der Waals surface area contributed by atoms with E-state index in [1.807, 2.05) is 6.07 Å². The van der Waals surface area contributed by atoms with Crippen LogP contribution in [-0.2, 0) is 16.6 Å². The third kappa shape index (κ3) is 9.40. The topological polar surface area (TPSA) is 144 Å². The summed E-state index contributed by atoms with van der Waals surface area (Å²) in [6, 6.07) is 6.07. The Bertz CT molecular complexity index is 959. The highest BCUT2D eigenvalue weighted by Gasteiger charge is 2.54. The zero-order valence-electron chi connectivity index (χ0n) is 25.6. The van der Waals surface area contributed by atoms with Crippen molar-refractivity contribution in [1.29, 1.82) is 0 Å². The van der Waals surface area contributed by atoms with Gasteiger partial charge in [0.25, 0.3) is 0 Å². The summed E-state index contributed by atoms with van der Waals surface area (Å²) >= 11 is 0. The van der Waals surface area contributed by atoms with Crippen LogP contribution in [0, 0.1) is 11.3 Å². The average molecular weight is 573 g/mol. The number of benzene rings is 1. The van der Waals surface area contributed by atoms with Crippen molar-refractivity contribution in [2.45, 2.75) is 89.9 Å². The van der Waals surface area contributed by atoms with Gasteiger partial charge in [-0.05, 0) is 138 Å².